The number of carbonyl (C=O) groups is 2. The summed E-state index contributed by atoms with van der Waals surface area (Å²) in [6.07, 6.45) is 5.09. The molecule has 0 saturated carbocycles. The van der Waals surface area contributed by atoms with Gasteiger partial charge in [0.2, 0.25) is 5.91 Å². The second kappa shape index (κ2) is 9.55. The minimum Gasteiger partial charge on any atom is -0.349 e. The molecule has 5 heteroatoms. The monoisotopic (exact) mass is 416 g/mol. The van der Waals surface area contributed by atoms with Crippen LogP contribution in [0.4, 0.5) is 0 Å². The van der Waals surface area contributed by atoms with Crippen LogP contribution >= 0.6 is 11.3 Å². The average Bonchev–Trinajstić information content (AvgIpc) is 3.28. The lowest BCUT2D eigenvalue weighted by Gasteiger charge is -2.31. The van der Waals surface area contributed by atoms with E-state index < -0.39 is 0 Å². The molecule has 0 bridgehead atoms. The Morgan fingerprint density at radius 3 is 2.27 bits per heavy atom. The lowest BCUT2D eigenvalue weighted by atomic mass is 10.0. The molecule has 2 aromatic carbocycles. The van der Waals surface area contributed by atoms with Gasteiger partial charge in [0.1, 0.15) is 0 Å². The van der Waals surface area contributed by atoms with E-state index in [0.29, 0.717) is 18.7 Å². The molecule has 0 radical (unpaired) electrons. The molecule has 30 heavy (non-hydrogen) atoms. The Hall–Kier alpha value is -3.18. The van der Waals surface area contributed by atoms with E-state index >= 15 is 0 Å². The molecule has 1 aliphatic heterocycles. The molecule has 1 fully saturated rings. The van der Waals surface area contributed by atoms with Crippen LogP contribution in [0.25, 0.3) is 16.5 Å². The molecule has 0 unspecified atom stereocenters. The molecule has 0 aliphatic carbocycles. The Morgan fingerprint density at radius 1 is 0.900 bits per heavy atom. The number of nitrogens with zero attached hydrogens (tertiary/aromatic N) is 1. The highest BCUT2D eigenvalue weighted by Crippen LogP contribution is 2.28. The average molecular weight is 417 g/mol. The van der Waals surface area contributed by atoms with Crippen molar-refractivity contribution in [3.05, 3.63) is 89.3 Å². The molecule has 0 atom stereocenters. The highest BCUT2D eigenvalue weighted by Gasteiger charge is 2.23. The standard InChI is InChI=1S/C25H24N2O2S/c28-24(14-12-22-11-13-23(30-22)19-7-3-1-4-8-19)27-17-15-21(16-18-27)26-25(29)20-9-5-2-6-10-20/h1-14,21H,15-18H2,(H,26,29)/b14-12+. The van der Waals surface area contributed by atoms with Gasteiger partial charge in [0, 0.05) is 40.5 Å². The van der Waals surface area contributed by atoms with Gasteiger partial charge in [-0.1, -0.05) is 48.5 Å². The van der Waals surface area contributed by atoms with Gasteiger partial charge in [-0.15, -0.1) is 11.3 Å². The van der Waals surface area contributed by atoms with Crippen molar-refractivity contribution in [3.8, 4) is 10.4 Å². The minimum absolute atomic E-state index is 0.0255. The number of amides is 2. The molecule has 1 N–H and O–H groups in total. The number of carbonyl (C=O) groups excluding carboxylic acids is 2. The SMILES string of the molecule is O=C(NC1CCN(C(=O)/C=C/c2ccc(-c3ccccc3)s2)CC1)c1ccccc1. The normalized spacial score (nSPS) is 14.7. The molecule has 3 aromatic rings. The van der Waals surface area contributed by atoms with Crippen LogP contribution in [0.3, 0.4) is 0 Å². The van der Waals surface area contributed by atoms with E-state index in [1.54, 1.807) is 17.4 Å². The van der Waals surface area contributed by atoms with Gasteiger partial charge < -0.3 is 10.2 Å². The maximum atomic E-state index is 12.6. The summed E-state index contributed by atoms with van der Waals surface area (Å²) >= 11 is 1.67. The third-order valence-electron chi connectivity index (χ3n) is 5.25. The van der Waals surface area contributed by atoms with Crippen molar-refractivity contribution in [1.82, 2.24) is 10.2 Å². The molecule has 2 heterocycles. The fourth-order valence-corrected chi connectivity index (χ4v) is 4.48. The summed E-state index contributed by atoms with van der Waals surface area (Å²) in [6.45, 7) is 1.31. The van der Waals surface area contributed by atoms with Crippen molar-refractivity contribution >= 4 is 29.2 Å². The molecule has 1 saturated heterocycles. The van der Waals surface area contributed by atoms with E-state index in [-0.39, 0.29) is 17.9 Å². The lowest BCUT2D eigenvalue weighted by Crippen LogP contribution is -2.46. The molecule has 2 amide bonds. The maximum Gasteiger partial charge on any atom is 0.251 e. The summed E-state index contributed by atoms with van der Waals surface area (Å²) in [4.78, 5) is 29.0. The Kier molecular flexibility index (Phi) is 6.40. The summed E-state index contributed by atoms with van der Waals surface area (Å²) in [7, 11) is 0. The Labute approximate surface area is 180 Å². The van der Waals surface area contributed by atoms with Gasteiger partial charge in [-0.2, -0.15) is 0 Å². The molecule has 4 nitrogen and oxygen atoms in total. The number of rotatable bonds is 5. The number of nitrogens with one attached hydrogen (secondary N) is 1. The molecular formula is C25H24N2O2S. The first kappa shape index (κ1) is 20.1. The van der Waals surface area contributed by atoms with Crippen LogP contribution in [0.5, 0.6) is 0 Å². The van der Waals surface area contributed by atoms with Crippen LogP contribution in [0.1, 0.15) is 28.1 Å². The second-order valence-electron chi connectivity index (χ2n) is 7.34. The first-order valence-corrected chi connectivity index (χ1v) is 11.0. The van der Waals surface area contributed by atoms with E-state index in [1.807, 2.05) is 65.6 Å². The number of benzene rings is 2. The Balaban J connectivity index is 1.27. The van der Waals surface area contributed by atoms with Gasteiger partial charge in [0.15, 0.2) is 0 Å². The van der Waals surface area contributed by atoms with Crippen molar-refractivity contribution < 1.29 is 9.59 Å². The van der Waals surface area contributed by atoms with Gasteiger partial charge in [-0.05, 0) is 48.7 Å². The quantitative estimate of drug-likeness (QED) is 0.605. The van der Waals surface area contributed by atoms with Gasteiger partial charge in [0.05, 0.1) is 0 Å². The van der Waals surface area contributed by atoms with E-state index in [4.69, 9.17) is 0 Å². The smallest absolute Gasteiger partial charge is 0.251 e. The number of hydrogen-bond acceptors (Lipinski definition) is 3. The topological polar surface area (TPSA) is 49.4 Å². The zero-order valence-electron chi connectivity index (χ0n) is 16.7. The van der Waals surface area contributed by atoms with Crippen LogP contribution in [-0.2, 0) is 4.79 Å². The zero-order chi connectivity index (χ0) is 20.8. The van der Waals surface area contributed by atoms with Crippen LogP contribution < -0.4 is 5.32 Å². The van der Waals surface area contributed by atoms with Gasteiger partial charge in [-0.3, -0.25) is 9.59 Å². The first-order chi connectivity index (χ1) is 14.7. The van der Waals surface area contributed by atoms with Crippen molar-refractivity contribution in [3.63, 3.8) is 0 Å². The van der Waals surface area contributed by atoms with Crippen LogP contribution in [0, 0.1) is 0 Å². The largest absolute Gasteiger partial charge is 0.349 e. The summed E-state index contributed by atoms with van der Waals surface area (Å²) in [6, 6.07) is 23.7. The summed E-state index contributed by atoms with van der Waals surface area (Å²) < 4.78 is 0. The van der Waals surface area contributed by atoms with Crippen molar-refractivity contribution in [2.45, 2.75) is 18.9 Å². The first-order valence-electron chi connectivity index (χ1n) is 10.2. The number of likely N-dealkylation sites (tertiary alicyclic amines) is 1. The highest BCUT2D eigenvalue weighted by atomic mass is 32.1. The molecule has 0 spiro atoms. The molecular weight excluding hydrogens is 392 g/mol. The van der Waals surface area contributed by atoms with Crippen molar-refractivity contribution in [2.24, 2.45) is 0 Å². The summed E-state index contributed by atoms with van der Waals surface area (Å²) in [5, 5.41) is 3.08. The summed E-state index contributed by atoms with van der Waals surface area (Å²) in [5.41, 5.74) is 1.86. The second-order valence-corrected chi connectivity index (χ2v) is 8.46. The summed E-state index contributed by atoms with van der Waals surface area (Å²) in [5.74, 6) is -0.0234. The number of piperidine rings is 1. The van der Waals surface area contributed by atoms with E-state index in [0.717, 1.165) is 17.7 Å². The van der Waals surface area contributed by atoms with Gasteiger partial charge in [-0.25, -0.2) is 0 Å². The van der Waals surface area contributed by atoms with Crippen molar-refractivity contribution in [1.29, 1.82) is 0 Å². The molecule has 152 valence electrons. The maximum absolute atomic E-state index is 12.6. The predicted octanol–water partition coefficient (Wildman–Crippen LogP) is 4.85. The fraction of sp³-hybridized carbons (Fsp3) is 0.200. The third-order valence-corrected chi connectivity index (χ3v) is 6.35. The predicted molar refractivity (Wildman–Crippen MR) is 122 cm³/mol. The van der Waals surface area contributed by atoms with E-state index in [1.165, 1.54) is 10.4 Å². The number of hydrogen-bond donors (Lipinski definition) is 1. The van der Waals surface area contributed by atoms with Crippen molar-refractivity contribution in [2.75, 3.05) is 13.1 Å². The Bertz CT molecular complexity index is 1020. The molecule has 1 aromatic heterocycles. The van der Waals surface area contributed by atoms with Crippen LogP contribution in [0.15, 0.2) is 78.9 Å². The third kappa shape index (κ3) is 5.05. The lowest BCUT2D eigenvalue weighted by molar-refractivity contribution is -0.126. The van der Waals surface area contributed by atoms with Gasteiger partial charge >= 0.3 is 0 Å². The van der Waals surface area contributed by atoms with Gasteiger partial charge in [0.25, 0.3) is 5.91 Å². The Morgan fingerprint density at radius 2 is 1.57 bits per heavy atom. The molecule has 1 aliphatic rings. The number of thiophene rings is 1. The fourth-order valence-electron chi connectivity index (χ4n) is 3.56. The molecule has 4 rings (SSSR count). The van der Waals surface area contributed by atoms with E-state index in [2.05, 4.69) is 23.5 Å². The highest BCUT2D eigenvalue weighted by molar-refractivity contribution is 7.16. The zero-order valence-corrected chi connectivity index (χ0v) is 17.5. The van der Waals surface area contributed by atoms with Crippen LogP contribution in [-0.4, -0.2) is 35.8 Å². The minimum atomic E-state index is -0.0489. The van der Waals surface area contributed by atoms with Crippen LogP contribution in [0.2, 0.25) is 0 Å². The van der Waals surface area contributed by atoms with E-state index in [9.17, 15) is 9.59 Å².